The van der Waals surface area contributed by atoms with E-state index < -0.39 is 6.10 Å². The van der Waals surface area contributed by atoms with Gasteiger partial charge in [0.2, 0.25) is 0 Å². The maximum Gasteiger partial charge on any atom is 0.128 e. The number of hydrogen-bond acceptors (Lipinski definition) is 3. The first-order valence-corrected chi connectivity index (χ1v) is 6.17. The summed E-state index contributed by atoms with van der Waals surface area (Å²) in [5.41, 5.74) is 0. The van der Waals surface area contributed by atoms with E-state index >= 15 is 0 Å². The molecule has 0 spiro atoms. The van der Waals surface area contributed by atoms with Crippen molar-refractivity contribution in [2.75, 3.05) is 6.61 Å². The number of aliphatic hydroxyl groups excluding tert-OH is 1. The first kappa shape index (κ1) is 13.0. The minimum atomic E-state index is -0.702. The quantitative estimate of drug-likeness (QED) is 0.920. The highest BCUT2D eigenvalue weighted by Crippen LogP contribution is 2.20. The molecule has 0 bridgehead atoms. The number of aromatic nitrogens is 2. The summed E-state index contributed by atoms with van der Waals surface area (Å²) in [5.74, 6) is -0.0117. The van der Waals surface area contributed by atoms with E-state index in [2.05, 4.69) is 21.0 Å². The Labute approximate surface area is 112 Å². The van der Waals surface area contributed by atoms with Crippen molar-refractivity contribution in [2.24, 2.45) is 0 Å². The van der Waals surface area contributed by atoms with Gasteiger partial charge in [0.05, 0.1) is 6.54 Å². The molecule has 1 heterocycles. The van der Waals surface area contributed by atoms with Crippen LogP contribution in [0.1, 0.15) is 0 Å². The lowest BCUT2D eigenvalue weighted by Crippen LogP contribution is -2.23. The Morgan fingerprint density at radius 1 is 1.44 bits per heavy atom. The third-order valence-electron chi connectivity index (χ3n) is 2.24. The molecule has 2 aromatic rings. The van der Waals surface area contributed by atoms with Crippen molar-refractivity contribution in [1.29, 1.82) is 0 Å². The highest BCUT2D eigenvalue weighted by molar-refractivity contribution is 9.10. The summed E-state index contributed by atoms with van der Waals surface area (Å²) in [5, 5.41) is 13.7. The van der Waals surface area contributed by atoms with Gasteiger partial charge in [-0.3, -0.25) is 4.68 Å². The van der Waals surface area contributed by atoms with Gasteiger partial charge in [-0.25, -0.2) is 4.39 Å². The van der Waals surface area contributed by atoms with Crippen molar-refractivity contribution in [3.05, 3.63) is 46.9 Å². The highest BCUT2D eigenvalue weighted by atomic mass is 79.9. The van der Waals surface area contributed by atoms with Gasteiger partial charge in [-0.05, 0) is 18.2 Å². The molecule has 18 heavy (non-hydrogen) atoms. The topological polar surface area (TPSA) is 47.3 Å². The molecule has 0 saturated heterocycles. The SMILES string of the molecule is OC(COc1cc(F)cc(Br)c1)Cn1cccn1. The van der Waals surface area contributed by atoms with Crippen LogP contribution in [0, 0.1) is 5.82 Å². The summed E-state index contributed by atoms with van der Waals surface area (Å²) in [6.07, 6.45) is 2.69. The summed E-state index contributed by atoms with van der Waals surface area (Å²) >= 11 is 3.17. The van der Waals surface area contributed by atoms with Crippen molar-refractivity contribution in [2.45, 2.75) is 12.6 Å². The maximum atomic E-state index is 13.1. The summed E-state index contributed by atoms with van der Waals surface area (Å²) in [6, 6.07) is 6.03. The van der Waals surface area contributed by atoms with E-state index in [4.69, 9.17) is 4.74 Å². The summed E-state index contributed by atoms with van der Waals surface area (Å²) in [4.78, 5) is 0. The molecule has 0 aliphatic heterocycles. The summed E-state index contributed by atoms with van der Waals surface area (Å²) in [7, 11) is 0. The average molecular weight is 315 g/mol. The number of aliphatic hydroxyl groups is 1. The largest absolute Gasteiger partial charge is 0.491 e. The fourth-order valence-corrected chi connectivity index (χ4v) is 1.93. The van der Waals surface area contributed by atoms with Gasteiger partial charge in [0.15, 0.2) is 0 Å². The van der Waals surface area contributed by atoms with E-state index in [1.165, 1.54) is 12.1 Å². The van der Waals surface area contributed by atoms with Crippen LogP contribution in [0.15, 0.2) is 41.1 Å². The number of rotatable bonds is 5. The van der Waals surface area contributed by atoms with Crippen molar-refractivity contribution < 1.29 is 14.2 Å². The zero-order valence-corrected chi connectivity index (χ0v) is 11.0. The Morgan fingerprint density at radius 2 is 2.28 bits per heavy atom. The fraction of sp³-hybridized carbons (Fsp3) is 0.250. The van der Waals surface area contributed by atoms with E-state index in [1.807, 2.05) is 0 Å². The molecule has 1 N–H and O–H groups in total. The number of benzene rings is 1. The molecule has 96 valence electrons. The predicted molar refractivity (Wildman–Crippen MR) is 67.8 cm³/mol. The van der Waals surface area contributed by atoms with E-state index in [-0.39, 0.29) is 12.4 Å². The van der Waals surface area contributed by atoms with Crippen LogP contribution in [0.25, 0.3) is 0 Å². The van der Waals surface area contributed by atoms with Crippen LogP contribution in [-0.2, 0) is 6.54 Å². The maximum absolute atomic E-state index is 13.1. The summed E-state index contributed by atoms with van der Waals surface area (Å²) < 4.78 is 20.6. The lowest BCUT2D eigenvalue weighted by molar-refractivity contribution is 0.0891. The van der Waals surface area contributed by atoms with Crippen molar-refractivity contribution in [3.8, 4) is 5.75 Å². The first-order chi connectivity index (χ1) is 8.63. The normalized spacial score (nSPS) is 12.4. The standard InChI is InChI=1S/C12H12BrFN2O2/c13-9-4-10(14)6-12(5-9)18-8-11(17)7-16-3-1-2-15-16/h1-6,11,17H,7-8H2. The third kappa shape index (κ3) is 3.82. The lowest BCUT2D eigenvalue weighted by Gasteiger charge is -2.12. The zero-order chi connectivity index (χ0) is 13.0. The Balaban J connectivity index is 1.87. The molecular formula is C12H12BrFN2O2. The number of nitrogens with zero attached hydrogens (tertiary/aromatic N) is 2. The molecule has 6 heteroatoms. The smallest absolute Gasteiger partial charge is 0.128 e. The van der Waals surface area contributed by atoms with Crippen LogP contribution in [0.2, 0.25) is 0 Å². The predicted octanol–water partition coefficient (Wildman–Crippen LogP) is 2.22. The van der Waals surface area contributed by atoms with Crippen molar-refractivity contribution >= 4 is 15.9 Å². The van der Waals surface area contributed by atoms with Gasteiger partial charge in [-0.1, -0.05) is 15.9 Å². The van der Waals surface area contributed by atoms with Crippen LogP contribution >= 0.6 is 15.9 Å². The van der Waals surface area contributed by atoms with Crippen LogP contribution in [0.5, 0.6) is 5.75 Å². The molecule has 1 unspecified atom stereocenters. The van der Waals surface area contributed by atoms with Gasteiger partial charge in [-0.2, -0.15) is 5.10 Å². The van der Waals surface area contributed by atoms with Crippen LogP contribution in [0.4, 0.5) is 4.39 Å². The molecule has 0 fully saturated rings. The van der Waals surface area contributed by atoms with Crippen LogP contribution in [0.3, 0.4) is 0 Å². The number of hydrogen-bond donors (Lipinski definition) is 1. The van der Waals surface area contributed by atoms with Gasteiger partial charge in [-0.15, -0.1) is 0 Å². The molecule has 1 aromatic carbocycles. The monoisotopic (exact) mass is 314 g/mol. The minimum absolute atomic E-state index is 0.0791. The minimum Gasteiger partial charge on any atom is -0.491 e. The molecular weight excluding hydrogens is 303 g/mol. The third-order valence-corrected chi connectivity index (χ3v) is 2.69. The van der Waals surface area contributed by atoms with Crippen molar-refractivity contribution in [1.82, 2.24) is 9.78 Å². The molecule has 1 atom stereocenters. The van der Waals surface area contributed by atoms with E-state index in [1.54, 1.807) is 29.2 Å². The van der Waals surface area contributed by atoms with Gasteiger partial charge < -0.3 is 9.84 Å². The molecule has 1 aromatic heterocycles. The van der Waals surface area contributed by atoms with Crippen molar-refractivity contribution in [3.63, 3.8) is 0 Å². The average Bonchev–Trinajstić information content (AvgIpc) is 2.78. The lowest BCUT2D eigenvalue weighted by atomic mass is 10.3. The van der Waals surface area contributed by atoms with Crippen LogP contribution < -0.4 is 4.74 Å². The number of halogens is 2. The molecule has 0 radical (unpaired) electrons. The fourth-order valence-electron chi connectivity index (χ4n) is 1.48. The molecule has 2 rings (SSSR count). The second kappa shape index (κ2) is 5.97. The zero-order valence-electron chi connectivity index (χ0n) is 9.46. The second-order valence-corrected chi connectivity index (χ2v) is 4.71. The van der Waals surface area contributed by atoms with E-state index in [9.17, 15) is 9.50 Å². The van der Waals surface area contributed by atoms with Gasteiger partial charge in [0.1, 0.15) is 24.3 Å². The Bertz CT molecular complexity index is 485. The highest BCUT2D eigenvalue weighted by Gasteiger charge is 2.07. The Kier molecular flexibility index (Phi) is 4.33. The van der Waals surface area contributed by atoms with Gasteiger partial charge >= 0.3 is 0 Å². The van der Waals surface area contributed by atoms with Crippen LogP contribution in [-0.4, -0.2) is 27.6 Å². The van der Waals surface area contributed by atoms with E-state index in [0.717, 1.165) is 0 Å². The first-order valence-electron chi connectivity index (χ1n) is 5.38. The summed E-state index contributed by atoms with van der Waals surface area (Å²) in [6.45, 7) is 0.416. The Hall–Kier alpha value is -1.40. The Morgan fingerprint density at radius 3 is 2.94 bits per heavy atom. The second-order valence-electron chi connectivity index (χ2n) is 3.80. The number of ether oxygens (including phenoxy) is 1. The molecule has 4 nitrogen and oxygen atoms in total. The molecule has 0 aliphatic rings. The van der Waals surface area contributed by atoms with Gasteiger partial charge in [0.25, 0.3) is 0 Å². The molecule has 0 saturated carbocycles. The van der Waals surface area contributed by atoms with E-state index in [0.29, 0.717) is 16.8 Å². The molecule has 0 aliphatic carbocycles. The molecule has 0 amide bonds. The van der Waals surface area contributed by atoms with Gasteiger partial charge in [0, 0.05) is 22.9 Å².